The van der Waals surface area contributed by atoms with Crippen molar-refractivity contribution >= 4 is 43.9 Å². The maximum atomic E-state index is 11.6. The van der Waals surface area contributed by atoms with Gasteiger partial charge in [-0.25, -0.2) is 8.42 Å². The minimum atomic E-state index is -3.23. The molecule has 0 saturated carbocycles. The zero-order chi connectivity index (χ0) is 19.8. The van der Waals surface area contributed by atoms with Crippen molar-refractivity contribution in [3.8, 4) is 5.75 Å². The van der Waals surface area contributed by atoms with Crippen molar-refractivity contribution in [3.63, 3.8) is 0 Å². The second kappa shape index (κ2) is 7.33. The number of allylic oxidation sites excluding steroid dienone is 3. The summed E-state index contributed by atoms with van der Waals surface area (Å²) in [5, 5.41) is -0.420. The second-order valence-electron chi connectivity index (χ2n) is 6.45. The fourth-order valence-electron chi connectivity index (χ4n) is 3.23. The molecule has 0 fully saturated rings. The molecule has 1 aliphatic rings. The Balaban J connectivity index is 2.11. The standard InChI is InChI=1S/C21H19ClO4S/c1-13-18(10-14-4-7-16(8-5-14)27(3,24)25)17-9-6-15(26-2)11-20(17)19(13)12-21(22)23/h4-11H,12H2,1-3H3/b18-10+. The summed E-state index contributed by atoms with van der Waals surface area (Å²) >= 11 is 5.65. The highest BCUT2D eigenvalue weighted by Gasteiger charge is 2.25. The third-order valence-electron chi connectivity index (χ3n) is 4.63. The van der Waals surface area contributed by atoms with E-state index >= 15 is 0 Å². The molecule has 0 N–H and O–H groups in total. The molecule has 0 spiro atoms. The van der Waals surface area contributed by atoms with Crippen LogP contribution in [0.2, 0.25) is 0 Å². The van der Waals surface area contributed by atoms with E-state index in [4.69, 9.17) is 16.3 Å². The molecule has 27 heavy (non-hydrogen) atoms. The van der Waals surface area contributed by atoms with Crippen molar-refractivity contribution in [1.29, 1.82) is 0 Å². The Labute approximate surface area is 164 Å². The van der Waals surface area contributed by atoms with Crippen LogP contribution in [-0.4, -0.2) is 27.0 Å². The van der Waals surface area contributed by atoms with E-state index in [0.29, 0.717) is 5.75 Å². The lowest BCUT2D eigenvalue weighted by Gasteiger charge is -2.07. The van der Waals surface area contributed by atoms with E-state index in [9.17, 15) is 13.2 Å². The first-order valence-electron chi connectivity index (χ1n) is 8.30. The Hall–Kier alpha value is -2.37. The van der Waals surface area contributed by atoms with E-state index < -0.39 is 15.1 Å². The summed E-state index contributed by atoms with van der Waals surface area (Å²) in [6.07, 6.45) is 3.31. The summed E-state index contributed by atoms with van der Waals surface area (Å²) in [6.45, 7) is 1.96. The average Bonchev–Trinajstić information content (AvgIpc) is 2.86. The van der Waals surface area contributed by atoms with E-state index in [-0.39, 0.29) is 11.3 Å². The molecule has 0 aliphatic heterocycles. The summed E-state index contributed by atoms with van der Waals surface area (Å²) in [5.41, 5.74) is 5.63. The molecule has 0 saturated heterocycles. The lowest BCUT2D eigenvalue weighted by Crippen LogP contribution is -1.96. The van der Waals surface area contributed by atoms with Crippen molar-refractivity contribution in [3.05, 3.63) is 64.7 Å². The smallest absolute Gasteiger partial charge is 0.226 e. The molecule has 0 radical (unpaired) electrons. The molecule has 0 unspecified atom stereocenters. The Bertz CT molecular complexity index is 1080. The summed E-state index contributed by atoms with van der Waals surface area (Å²) in [6, 6.07) is 12.5. The predicted molar refractivity (Wildman–Crippen MR) is 108 cm³/mol. The van der Waals surface area contributed by atoms with Crippen LogP contribution in [0.25, 0.3) is 17.2 Å². The number of hydrogen-bond acceptors (Lipinski definition) is 4. The molecular formula is C21H19ClO4S. The first kappa shape index (κ1) is 19.4. The van der Waals surface area contributed by atoms with Gasteiger partial charge in [0.15, 0.2) is 9.84 Å². The van der Waals surface area contributed by atoms with Crippen molar-refractivity contribution in [2.75, 3.05) is 13.4 Å². The Morgan fingerprint density at radius 2 is 1.78 bits per heavy atom. The molecule has 0 amide bonds. The maximum absolute atomic E-state index is 11.6. The quantitative estimate of drug-likeness (QED) is 0.686. The molecule has 2 aromatic rings. The number of benzene rings is 2. The van der Waals surface area contributed by atoms with Crippen LogP contribution in [0.15, 0.2) is 52.9 Å². The minimum Gasteiger partial charge on any atom is -0.497 e. The Morgan fingerprint density at radius 3 is 2.33 bits per heavy atom. The van der Waals surface area contributed by atoms with Crippen LogP contribution in [0, 0.1) is 0 Å². The molecule has 3 rings (SSSR count). The number of fused-ring (bicyclic) bond motifs is 1. The number of methoxy groups -OCH3 is 1. The minimum absolute atomic E-state index is 0.137. The number of sulfone groups is 1. The van der Waals surface area contributed by atoms with Gasteiger partial charge < -0.3 is 4.74 Å². The van der Waals surface area contributed by atoms with Gasteiger partial charge >= 0.3 is 0 Å². The number of halogens is 1. The van der Waals surface area contributed by atoms with Crippen LogP contribution in [0.3, 0.4) is 0 Å². The molecule has 0 atom stereocenters. The average molecular weight is 403 g/mol. The fraction of sp³-hybridized carbons (Fsp3) is 0.190. The van der Waals surface area contributed by atoms with E-state index in [1.807, 2.05) is 31.2 Å². The highest BCUT2D eigenvalue weighted by molar-refractivity contribution is 7.90. The normalized spacial score (nSPS) is 15.2. The molecular weight excluding hydrogens is 384 g/mol. The second-order valence-corrected chi connectivity index (χ2v) is 8.88. The van der Waals surface area contributed by atoms with Gasteiger partial charge in [0.25, 0.3) is 0 Å². The molecule has 0 bridgehead atoms. The van der Waals surface area contributed by atoms with Crippen LogP contribution >= 0.6 is 11.6 Å². The van der Waals surface area contributed by atoms with Gasteiger partial charge in [-0.05, 0) is 82.3 Å². The first-order valence-corrected chi connectivity index (χ1v) is 10.6. The van der Waals surface area contributed by atoms with E-state index in [2.05, 4.69) is 0 Å². The summed E-state index contributed by atoms with van der Waals surface area (Å²) in [7, 11) is -1.64. The van der Waals surface area contributed by atoms with Gasteiger partial charge in [-0.1, -0.05) is 18.2 Å². The number of ether oxygens (including phenoxy) is 1. The molecule has 6 heteroatoms. The Morgan fingerprint density at radius 1 is 1.11 bits per heavy atom. The van der Waals surface area contributed by atoms with E-state index in [1.54, 1.807) is 31.4 Å². The number of carbonyl (C=O) groups excluding carboxylic acids is 1. The molecule has 0 heterocycles. The first-order chi connectivity index (χ1) is 12.7. The van der Waals surface area contributed by atoms with Crippen molar-refractivity contribution in [2.24, 2.45) is 0 Å². The van der Waals surface area contributed by atoms with E-state index in [1.165, 1.54) is 6.26 Å². The van der Waals surface area contributed by atoms with Gasteiger partial charge in [0.05, 0.1) is 12.0 Å². The van der Waals surface area contributed by atoms with Crippen LogP contribution in [0.5, 0.6) is 5.75 Å². The zero-order valence-electron chi connectivity index (χ0n) is 15.2. The molecule has 4 nitrogen and oxygen atoms in total. The van der Waals surface area contributed by atoms with E-state index in [0.717, 1.165) is 33.4 Å². The SMILES string of the molecule is COc1ccc2c(c1)C(CC(=O)Cl)=C(C)/C2=C\c1ccc(S(C)(=O)=O)cc1. The summed E-state index contributed by atoms with van der Waals surface area (Å²) in [5.74, 6) is 0.708. The van der Waals surface area contributed by atoms with Gasteiger partial charge in [-0.15, -0.1) is 0 Å². The summed E-state index contributed by atoms with van der Waals surface area (Å²) < 4.78 is 28.6. The predicted octanol–water partition coefficient (Wildman–Crippen LogP) is 4.58. The highest BCUT2D eigenvalue weighted by Crippen LogP contribution is 2.45. The van der Waals surface area contributed by atoms with Crippen LogP contribution in [0.1, 0.15) is 30.0 Å². The molecule has 1 aliphatic carbocycles. The van der Waals surface area contributed by atoms with Crippen LogP contribution in [0.4, 0.5) is 0 Å². The topological polar surface area (TPSA) is 60.4 Å². The third-order valence-corrected chi connectivity index (χ3v) is 5.90. The van der Waals surface area contributed by atoms with Crippen molar-refractivity contribution < 1.29 is 17.9 Å². The number of hydrogen-bond donors (Lipinski definition) is 0. The number of rotatable bonds is 5. The fourth-order valence-corrected chi connectivity index (χ4v) is 4.00. The van der Waals surface area contributed by atoms with Crippen LogP contribution in [-0.2, 0) is 14.6 Å². The zero-order valence-corrected chi connectivity index (χ0v) is 16.8. The van der Waals surface area contributed by atoms with Gasteiger partial charge in [0.2, 0.25) is 5.24 Å². The molecule has 140 valence electrons. The lowest BCUT2D eigenvalue weighted by atomic mass is 10.0. The van der Waals surface area contributed by atoms with Gasteiger partial charge in [-0.2, -0.15) is 0 Å². The lowest BCUT2D eigenvalue weighted by molar-refractivity contribution is -0.110. The van der Waals surface area contributed by atoms with Gasteiger partial charge in [-0.3, -0.25) is 4.79 Å². The molecule has 2 aromatic carbocycles. The largest absolute Gasteiger partial charge is 0.497 e. The number of carbonyl (C=O) groups is 1. The molecule has 0 aromatic heterocycles. The summed E-state index contributed by atoms with van der Waals surface area (Å²) in [4.78, 5) is 11.8. The van der Waals surface area contributed by atoms with Crippen LogP contribution < -0.4 is 4.74 Å². The van der Waals surface area contributed by atoms with Gasteiger partial charge in [0, 0.05) is 12.7 Å². The third kappa shape index (κ3) is 3.99. The van der Waals surface area contributed by atoms with Crippen molar-refractivity contribution in [2.45, 2.75) is 18.2 Å². The van der Waals surface area contributed by atoms with Gasteiger partial charge in [0.1, 0.15) is 5.75 Å². The Kier molecular flexibility index (Phi) is 5.27. The van der Waals surface area contributed by atoms with Crippen molar-refractivity contribution in [1.82, 2.24) is 0 Å². The maximum Gasteiger partial charge on any atom is 0.226 e. The highest BCUT2D eigenvalue weighted by atomic mass is 35.5. The monoisotopic (exact) mass is 402 g/mol.